The molecule has 0 radical (unpaired) electrons. The van der Waals surface area contributed by atoms with E-state index in [1.54, 1.807) is 24.3 Å². The van der Waals surface area contributed by atoms with Crippen molar-refractivity contribution in [2.45, 2.75) is 19.4 Å². The highest BCUT2D eigenvalue weighted by molar-refractivity contribution is 6.22. The van der Waals surface area contributed by atoms with Crippen molar-refractivity contribution in [3.05, 3.63) is 41.2 Å². The lowest BCUT2D eigenvalue weighted by Gasteiger charge is -2.16. The van der Waals surface area contributed by atoms with Gasteiger partial charge in [-0.2, -0.15) is 15.0 Å². The molecule has 10 heteroatoms. The molecule has 1 fully saturated rings. The van der Waals surface area contributed by atoms with Crippen LogP contribution in [-0.2, 0) is 11.3 Å². The number of rotatable bonds is 6. The average Bonchev–Trinajstić information content (AvgIpc) is 3.36. The Morgan fingerprint density at radius 3 is 2.34 bits per heavy atom. The molecule has 2 aliphatic rings. The number of hydrogen-bond donors (Lipinski definition) is 1. The van der Waals surface area contributed by atoms with E-state index in [9.17, 15) is 14.4 Å². The van der Waals surface area contributed by atoms with Crippen LogP contribution in [0.1, 0.15) is 39.4 Å². The molecule has 1 aromatic carbocycles. The van der Waals surface area contributed by atoms with Crippen molar-refractivity contribution in [1.82, 2.24) is 25.2 Å². The van der Waals surface area contributed by atoms with Crippen LogP contribution < -0.4 is 15.0 Å². The second-order valence-electron chi connectivity index (χ2n) is 6.75. The minimum absolute atomic E-state index is 0.0295. The van der Waals surface area contributed by atoms with Crippen molar-refractivity contribution in [2.75, 3.05) is 31.6 Å². The summed E-state index contributed by atoms with van der Waals surface area (Å²) in [4.78, 5) is 52.8. The van der Waals surface area contributed by atoms with E-state index in [1.165, 1.54) is 7.11 Å². The average molecular weight is 396 g/mol. The van der Waals surface area contributed by atoms with Crippen LogP contribution in [0.5, 0.6) is 6.01 Å². The topological polar surface area (TPSA) is 118 Å². The van der Waals surface area contributed by atoms with E-state index in [-0.39, 0.29) is 19.1 Å². The molecule has 4 rings (SSSR count). The number of hydrogen-bond acceptors (Lipinski definition) is 8. The third-order valence-electron chi connectivity index (χ3n) is 4.84. The third kappa shape index (κ3) is 3.73. The zero-order valence-electron chi connectivity index (χ0n) is 15.9. The fourth-order valence-corrected chi connectivity index (χ4v) is 3.38. The Morgan fingerprint density at radius 2 is 1.72 bits per heavy atom. The molecule has 1 N–H and O–H groups in total. The quantitative estimate of drug-likeness (QED) is 0.697. The molecular formula is C19H20N6O4. The molecule has 1 aromatic heterocycles. The number of aromatic nitrogens is 3. The fourth-order valence-electron chi connectivity index (χ4n) is 3.38. The zero-order chi connectivity index (χ0) is 20.4. The summed E-state index contributed by atoms with van der Waals surface area (Å²) >= 11 is 0. The van der Waals surface area contributed by atoms with Crippen molar-refractivity contribution in [3.8, 4) is 6.01 Å². The Morgan fingerprint density at radius 1 is 1.07 bits per heavy atom. The lowest BCUT2D eigenvalue weighted by atomic mass is 10.1. The van der Waals surface area contributed by atoms with Crippen LogP contribution in [0.15, 0.2) is 24.3 Å². The van der Waals surface area contributed by atoms with E-state index in [0.29, 0.717) is 22.9 Å². The molecule has 150 valence electrons. The maximum atomic E-state index is 12.4. The first-order valence-corrected chi connectivity index (χ1v) is 9.32. The number of carbonyl (C=O) groups is 3. The monoisotopic (exact) mass is 396 g/mol. The van der Waals surface area contributed by atoms with E-state index in [4.69, 9.17) is 4.74 Å². The fraction of sp³-hybridized carbons (Fsp3) is 0.368. The first kappa shape index (κ1) is 18.8. The molecule has 1 saturated heterocycles. The van der Waals surface area contributed by atoms with E-state index in [2.05, 4.69) is 20.3 Å². The van der Waals surface area contributed by atoms with Crippen LogP contribution in [0.4, 0.5) is 5.95 Å². The number of anilines is 1. The number of nitrogens with one attached hydrogen (secondary N) is 1. The van der Waals surface area contributed by atoms with E-state index in [0.717, 1.165) is 30.8 Å². The number of nitrogens with zero attached hydrogens (tertiary/aromatic N) is 5. The van der Waals surface area contributed by atoms with Gasteiger partial charge in [0.15, 0.2) is 5.82 Å². The number of carbonyl (C=O) groups excluding carboxylic acids is 3. The molecule has 3 heterocycles. The van der Waals surface area contributed by atoms with Crippen molar-refractivity contribution in [2.24, 2.45) is 0 Å². The Kier molecular flexibility index (Phi) is 5.07. The highest BCUT2D eigenvalue weighted by Crippen LogP contribution is 2.22. The molecule has 0 unspecified atom stereocenters. The largest absolute Gasteiger partial charge is 0.467 e. The van der Waals surface area contributed by atoms with Crippen LogP contribution in [0.3, 0.4) is 0 Å². The van der Waals surface area contributed by atoms with Crippen LogP contribution in [0, 0.1) is 0 Å². The minimum Gasteiger partial charge on any atom is -0.467 e. The summed E-state index contributed by atoms with van der Waals surface area (Å²) in [5.41, 5.74) is 0.616. The van der Waals surface area contributed by atoms with Crippen LogP contribution in [0.2, 0.25) is 0 Å². The number of imide groups is 1. The molecular weight excluding hydrogens is 376 g/mol. The lowest BCUT2D eigenvalue weighted by Crippen LogP contribution is -2.40. The van der Waals surface area contributed by atoms with Gasteiger partial charge in [0.1, 0.15) is 6.54 Å². The molecule has 10 nitrogen and oxygen atoms in total. The lowest BCUT2D eigenvalue weighted by molar-refractivity contribution is -0.121. The van der Waals surface area contributed by atoms with Crippen molar-refractivity contribution >= 4 is 23.7 Å². The molecule has 2 aromatic rings. The Balaban J connectivity index is 1.41. The van der Waals surface area contributed by atoms with Gasteiger partial charge < -0.3 is 15.0 Å². The summed E-state index contributed by atoms with van der Waals surface area (Å²) in [5, 5.41) is 2.65. The molecule has 0 saturated carbocycles. The van der Waals surface area contributed by atoms with E-state index >= 15 is 0 Å². The Bertz CT molecular complexity index is 938. The summed E-state index contributed by atoms with van der Waals surface area (Å²) in [6.07, 6.45) is 2.14. The second-order valence-corrected chi connectivity index (χ2v) is 6.75. The van der Waals surface area contributed by atoms with Gasteiger partial charge in [-0.25, -0.2) is 0 Å². The van der Waals surface area contributed by atoms with Crippen LogP contribution in [-0.4, -0.2) is 64.3 Å². The van der Waals surface area contributed by atoms with E-state index in [1.807, 2.05) is 4.90 Å². The van der Waals surface area contributed by atoms with Gasteiger partial charge in [0, 0.05) is 13.1 Å². The minimum atomic E-state index is -0.485. The Labute approximate surface area is 166 Å². The summed E-state index contributed by atoms with van der Waals surface area (Å²) < 4.78 is 5.13. The van der Waals surface area contributed by atoms with E-state index < -0.39 is 17.7 Å². The molecule has 29 heavy (non-hydrogen) atoms. The standard InChI is InChI=1S/C19H20N6O4/c1-29-19-22-14(21-18(23-19)24-8-4-5-9-24)10-20-15(26)11-25-16(27)12-6-2-3-7-13(12)17(25)28/h2-3,6-7H,4-5,8-11H2,1H3,(H,20,26). The molecule has 3 amide bonds. The maximum Gasteiger partial charge on any atom is 0.321 e. The molecule has 0 aliphatic carbocycles. The van der Waals surface area contributed by atoms with Gasteiger partial charge in [-0.05, 0) is 25.0 Å². The molecule has 0 spiro atoms. The summed E-state index contributed by atoms with van der Waals surface area (Å²) in [6, 6.07) is 6.68. The number of amides is 3. The number of methoxy groups -OCH3 is 1. The summed E-state index contributed by atoms with van der Waals surface area (Å²) in [7, 11) is 1.47. The highest BCUT2D eigenvalue weighted by Gasteiger charge is 2.36. The van der Waals surface area contributed by atoms with Crippen LogP contribution in [0.25, 0.3) is 0 Å². The summed E-state index contributed by atoms with van der Waals surface area (Å²) in [5.74, 6) is -0.576. The maximum absolute atomic E-state index is 12.4. The normalized spacial score (nSPS) is 15.6. The Hall–Kier alpha value is -3.56. The van der Waals surface area contributed by atoms with Crippen molar-refractivity contribution in [3.63, 3.8) is 0 Å². The van der Waals surface area contributed by atoms with Gasteiger partial charge in [0.25, 0.3) is 11.8 Å². The first-order chi connectivity index (χ1) is 14.1. The van der Waals surface area contributed by atoms with Gasteiger partial charge >= 0.3 is 6.01 Å². The summed E-state index contributed by atoms with van der Waals surface area (Å²) in [6.45, 7) is 1.38. The van der Waals surface area contributed by atoms with Gasteiger partial charge in [-0.1, -0.05) is 12.1 Å². The van der Waals surface area contributed by atoms with Gasteiger partial charge in [-0.3, -0.25) is 19.3 Å². The molecule has 0 bridgehead atoms. The van der Waals surface area contributed by atoms with Gasteiger partial charge in [0.2, 0.25) is 11.9 Å². The first-order valence-electron chi connectivity index (χ1n) is 9.32. The van der Waals surface area contributed by atoms with Crippen LogP contribution >= 0.6 is 0 Å². The molecule has 0 atom stereocenters. The predicted molar refractivity (Wildman–Crippen MR) is 101 cm³/mol. The van der Waals surface area contributed by atoms with Crippen molar-refractivity contribution < 1.29 is 19.1 Å². The zero-order valence-corrected chi connectivity index (χ0v) is 15.9. The third-order valence-corrected chi connectivity index (χ3v) is 4.84. The number of ether oxygens (including phenoxy) is 1. The second kappa shape index (κ2) is 7.82. The smallest absolute Gasteiger partial charge is 0.321 e. The predicted octanol–water partition coefficient (Wildman–Crippen LogP) is 0.393. The highest BCUT2D eigenvalue weighted by atomic mass is 16.5. The van der Waals surface area contributed by atoms with Gasteiger partial charge in [-0.15, -0.1) is 0 Å². The van der Waals surface area contributed by atoms with Gasteiger partial charge in [0.05, 0.1) is 24.8 Å². The van der Waals surface area contributed by atoms with Crippen molar-refractivity contribution in [1.29, 1.82) is 0 Å². The number of fused-ring (bicyclic) bond motifs is 1. The molecule has 2 aliphatic heterocycles. The number of benzene rings is 1. The SMILES string of the molecule is COc1nc(CNC(=O)CN2C(=O)c3ccccc3C2=O)nc(N2CCCC2)n1.